The van der Waals surface area contributed by atoms with Crippen LogP contribution in [0, 0.1) is 6.92 Å². The molecule has 1 aromatic carbocycles. The summed E-state index contributed by atoms with van der Waals surface area (Å²) < 4.78 is 10.2. The first-order chi connectivity index (χ1) is 9.16. The second-order valence-corrected chi connectivity index (χ2v) is 4.36. The summed E-state index contributed by atoms with van der Waals surface area (Å²) in [5.74, 6) is -0.907. The Balaban J connectivity index is 2.06. The fraction of sp³-hybridized carbons (Fsp3) is 0.429. The fourth-order valence-corrected chi connectivity index (χ4v) is 2.15. The average Bonchev–Trinajstić information content (AvgIpc) is 2.65. The van der Waals surface area contributed by atoms with E-state index < -0.39 is 11.7 Å². The van der Waals surface area contributed by atoms with Gasteiger partial charge in [0, 0.05) is 13.7 Å². The third kappa shape index (κ3) is 2.67. The van der Waals surface area contributed by atoms with Crippen LogP contribution in [0.2, 0.25) is 0 Å². The van der Waals surface area contributed by atoms with Crippen LogP contribution in [0.3, 0.4) is 0 Å². The molecule has 102 valence electrons. The molecule has 0 aromatic heterocycles. The zero-order valence-electron chi connectivity index (χ0n) is 11.1. The van der Waals surface area contributed by atoms with Gasteiger partial charge in [-0.25, -0.2) is 0 Å². The number of hydrogen-bond donors (Lipinski definition) is 0. The molecule has 0 bridgehead atoms. The first kappa shape index (κ1) is 13.7. The van der Waals surface area contributed by atoms with Crippen LogP contribution in [0.25, 0.3) is 0 Å². The number of para-hydroxylation sites is 1. The van der Waals surface area contributed by atoms with E-state index in [2.05, 4.69) is 0 Å². The summed E-state index contributed by atoms with van der Waals surface area (Å²) in [5, 5.41) is 0. The molecule has 0 atom stereocenters. The number of ketones is 1. The number of aryl methyl sites for hydroxylation is 1. The number of anilines is 1. The predicted molar refractivity (Wildman–Crippen MR) is 70.6 cm³/mol. The van der Waals surface area contributed by atoms with E-state index in [0.29, 0.717) is 37.6 Å². The number of benzene rings is 1. The number of carbonyl (C=O) groups excluding carboxylic acids is 2. The summed E-state index contributed by atoms with van der Waals surface area (Å²) in [7, 11) is 1.60. The summed E-state index contributed by atoms with van der Waals surface area (Å²) >= 11 is 0. The molecule has 0 unspecified atom stereocenters. The lowest BCUT2D eigenvalue weighted by Gasteiger charge is -2.18. The molecule has 0 aliphatic carbocycles. The third-order valence-corrected chi connectivity index (χ3v) is 3.08. The smallest absolute Gasteiger partial charge is 0.299 e. The van der Waals surface area contributed by atoms with E-state index in [-0.39, 0.29) is 0 Å². The van der Waals surface area contributed by atoms with Crippen molar-refractivity contribution < 1.29 is 19.1 Å². The Morgan fingerprint density at radius 3 is 2.68 bits per heavy atom. The zero-order chi connectivity index (χ0) is 13.8. The van der Waals surface area contributed by atoms with Crippen molar-refractivity contribution in [2.24, 2.45) is 0 Å². The second kappa shape index (κ2) is 5.95. The fourth-order valence-electron chi connectivity index (χ4n) is 2.15. The highest BCUT2D eigenvalue weighted by Gasteiger charge is 2.36. The van der Waals surface area contributed by atoms with Crippen LogP contribution in [-0.2, 0) is 14.3 Å². The van der Waals surface area contributed by atoms with Crippen molar-refractivity contribution in [1.29, 1.82) is 0 Å². The molecule has 0 saturated carbocycles. The van der Waals surface area contributed by atoms with E-state index in [0.717, 1.165) is 5.56 Å². The Labute approximate surface area is 112 Å². The van der Waals surface area contributed by atoms with Gasteiger partial charge in [-0.15, -0.1) is 0 Å². The van der Waals surface area contributed by atoms with Crippen LogP contribution in [-0.4, -0.2) is 45.2 Å². The lowest BCUT2D eigenvalue weighted by atomic mass is 10.1. The van der Waals surface area contributed by atoms with Gasteiger partial charge in [-0.1, -0.05) is 12.1 Å². The minimum Gasteiger partial charge on any atom is -0.382 e. The number of ether oxygens (including phenoxy) is 2. The number of amides is 1. The molecular formula is C14H17NO4. The Bertz CT molecular complexity index is 498. The van der Waals surface area contributed by atoms with Crippen LogP contribution < -0.4 is 4.90 Å². The molecule has 2 rings (SSSR count). The Morgan fingerprint density at radius 1 is 1.16 bits per heavy atom. The molecule has 1 heterocycles. The number of rotatable bonds is 6. The predicted octanol–water partition coefficient (Wildman–Crippen LogP) is 1.19. The SMILES string of the molecule is COCCOCCN1C(=O)C(=O)c2cccc(C)c21. The van der Waals surface area contributed by atoms with Gasteiger partial charge in [0.25, 0.3) is 11.7 Å². The molecular weight excluding hydrogens is 246 g/mol. The van der Waals surface area contributed by atoms with Gasteiger partial charge in [0.05, 0.1) is 31.1 Å². The summed E-state index contributed by atoms with van der Waals surface area (Å²) in [4.78, 5) is 25.3. The van der Waals surface area contributed by atoms with Gasteiger partial charge in [-0.3, -0.25) is 9.59 Å². The van der Waals surface area contributed by atoms with Crippen molar-refractivity contribution in [3.63, 3.8) is 0 Å². The second-order valence-electron chi connectivity index (χ2n) is 4.36. The van der Waals surface area contributed by atoms with Crippen LogP contribution >= 0.6 is 0 Å². The molecule has 1 aliphatic heterocycles. The molecule has 0 radical (unpaired) electrons. The molecule has 1 amide bonds. The monoisotopic (exact) mass is 263 g/mol. The molecule has 1 aliphatic rings. The number of Topliss-reactive ketones (excluding diaryl/α,β-unsaturated/α-hetero) is 1. The van der Waals surface area contributed by atoms with Crippen molar-refractivity contribution >= 4 is 17.4 Å². The highest BCUT2D eigenvalue weighted by atomic mass is 16.5. The van der Waals surface area contributed by atoms with Crippen LogP contribution in [0.1, 0.15) is 15.9 Å². The van der Waals surface area contributed by atoms with Gasteiger partial charge < -0.3 is 14.4 Å². The topological polar surface area (TPSA) is 55.8 Å². The number of methoxy groups -OCH3 is 1. The van der Waals surface area contributed by atoms with E-state index in [9.17, 15) is 9.59 Å². The van der Waals surface area contributed by atoms with Crippen LogP contribution in [0.15, 0.2) is 18.2 Å². The van der Waals surface area contributed by atoms with Gasteiger partial charge in [0.2, 0.25) is 0 Å². The van der Waals surface area contributed by atoms with E-state index in [1.807, 2.05) is 13.0 Å². The van der Waals surface area contributed by atoms with Gasteiger partial charge in [-0.05, 0) is 18.6 Å². The maximum absolute atomic E-state index is 11.9. The average molecular weight is 263 g/mol. The highest BCUT2D eigenvalue weighted by Crippen LogP contribution is 2.31. The molecule has 19 heavy (non-hydrogen) atoms. The summed E-state index contributed by atoms with van der Waals surface area (Å²) in [6.45, 7) is 3.65. The molecule has 1 aromatic rings. The standard InChI is InChI=1S/C14H17NO4/c1-10-4-3-5-11-12(10)15(14(17)13(11)16)6-7-19-9-8-18-2/h3-5H,6-9H2,1-2H3. The minimum absolute atomic E-state index is 0.381. The van der Waals surface area contributed by atoms with E-state index in [4.69, 9.17) is 9.47 Å². The molecule has 0 saturated heterocycles. The molecule has 0 spiro atoms. The Kier molecular flexibility index (Phi) is 4.29. The van der Waals surface area contributed by atoms with E-state index >= 15 is 0 Å². The van der Waals surface area contributed by atoms with Crippen LogP contribution in [0.4, 0.5) is 5.69 Å². The largest absolute Gasteiger partial charge is 0.382 e. The van der Waals surface area contributed by atoms with Crippen molar-refractivity contribution in [2.75, 3.05) is 38.4 Å². The Morgan fingerprint density at radius 2 is 1.95 bits per heavy atom. The van der Waals surface area contributed by atoms with Crippen molar-refractivity contribution in [2.45, 2.75) is 6.92 Å². The summed E-state index contributed by atoms with van der Waals surface area (Å²) in [6, 6.07) is 5.37. The summed E-state index contributed by atoms with van der Waals surface area (Å²) in [5.41, 5.74) is 2.13. The van der Waals surface area contributed by atoms with E-state index in [1.165, 1.54) is 4.90 Å². The first-order valence-corrected chi connectivity index (χ1v) is 6.19. The molecule has 0 N–H and O–H groups in total. The van der Waals surface area contributed by atoms with E-state index in [1.54, 1.807) is 19.2 Å². The number of fused-ring (bicyclic) bond motifs is 1. The number of nitrogens with zero attached hydrogens (tertiary/aromatic N) is 1. The maximum atomic E-state index is 11.9. The first-order valence-electron chi connectivity index (χ1n) is 6.19. The molecule has 5 nitrogen and oxygen atoms in total. The minimum atomic E-state index is -0.473. The van der Waals surface area contributed by atoms with Gasteiger partial charge in [0.1, 0.15) is 0 Å². The number of carbonyl (C=O) groups is 2. The lowest BCUT2D eigenvalue weighted by Crippen LogP contribution is -2.33. The molecule has 0 fully saturated rings. The summed E-state index contributed by atoms with van der Waals surface area (Å²) in [6.07, 6.45) is 0. The van der Waals surface area contributed by atoms with Crippen LogP contribution in [0.5, 0.6) is 0 Å². The number of hydrogen-bond acceptors (Lipinski definition) is 4. The maximum Gasteiger partial charge on any atom is 0.299 e. The van der Waals surface area contributed by atoms with Gasteiger partial charge >= 0.3 is 0 Å². The molecule has 5 heteroatoms. The highest BCUT2D eigenvalue weighted by molar-refractivity contribution is 6.52. The normalized spacial score (nSPS) is 14.1. The van der Waals surface area contributed by atoms with Crippen molar-refractivity contribution in [1.82, 2.24) is 0 Å². The Hall–Kier alpha value is -1.72. The van der Waals surface area contributed by atoms with Gasteiger partial charge in [0.15, 0.2) is 0 Å². The van der Waals surface area contributed by atoms with Crippen molar-refractivity contribution in [3.8, 4) is 0 Å². The van der Waals surface area contributed by atoms with Gasteiger partial charge in [-0.2, -0.15) is 0 Å². The third-order valence-electron chi connectivity index (χ3n) is 3.08. The van der Waals surface area contributed by atoms with Crippen molar-refractivity contribution in [3.05, 3.63) is 29.3 Å². The quantitative estimate of drug-likeness (QED) is 0.571. The zero-order valence-corrected chi connectivity index (χ0v) is 11.1. The lowest BCUT2D eigenvalue weighted by molar-refractivity contribution is -0.114.